The number of anilines is 2. The van der Waals surface area contributed by atoms with Crippen LogP contribution in [-0.2, 0) is 0 Å². The second-order valence-electron chi connectivity index (χ2n) is 5.84. The van der Waals surface area contributed by atoms with Gasteiger partial charge in [0.05, 0.1) is 5.69 Å². The normalized spacial score (nSPS) is 10.8. The van der Waals surface area contributed by atoms with Gasteiger partial charge in [-0.25, -0.2) is 14.2 Å². The van der Waals surface area contributed by atoms with Crippen LogP contribution in [0.3, 0.4) is 0 Å². The standard InChI is InChI=1S/C19H15FN4OS/c1-12-2-5-15(10-16(12)20)22-18(25)21-14-6-3-13(4-7-14)17-11-24-8-9-26-19(24)23-17/h2-11H,1H3,(H2,21,22,25). The van der Waals surface area contributed by atoms with E-state index in [2.05, 4.69) is 15.6 Å². The fourth-order valence-electron chi connectivity index (χ4n) is 2.55. The molecule has 0 aliphatic heterocycles. The van der Waals surface area contributed by atoms with E-state index in [1.165, 1.54) is 6.07 Å². The predicted octanol–water partition coefficient (Wildman–Crippen LogP) is 5.15. The van der Waals surface area contributed by atoms with E-state index >= 15 is 0 Å². The number of fused-ring (bicyclic) bond motifs is 1. The van der Waals surface area contributed by atoms with E-state index in [1.54, 1.807) is 42.5 Å². The third kappa shape index (κ3) is 3.29. The Hall–Kier alpha value is -3.19. The summed E-state index contributed by atoms with van der Waals surface area (Å²) in [4.78, 5) is 17.5. The summed E-state index contributed by atoms with van der Waals surface area (Å²) in [7, 11) is 0. The molecule has 0 spiro atoms. The van der Waals surface area contributed by atoms with E-state index in [1.807, 2.05) is 34.3 Å². The lowest BCUT2D eigenvalue weighted by molar-refractivity contribution is 0.262. The van der Waals surface area contributed by atoms with Crippen LogP contribution in [-0.4, -0.2) is 15.4 Å². The highest BCUT2D eigenvalue weighted by atomic mass is 32.1. The minimum Gasteiger partial charge on any atom is -0.308 e. The van der Waals surface area contributed by atoms with Crippen molar-refractivity contribution in [3.63, 3.8) is 0 Å². The summed E-state index contributed by atoms with van der Waals surface area (Å²) in [5.41, 5.74) is 3.42. The number of carbonyl (C=O) groups excluding carboxylic acids is 1. The van der Waals surface area contributed by atoms with Gasteiger partial charge in [-0.15, -0.1) is 11.3 Å². The molecular formula is C19H15FN4OS. The van der Waals surface area contributed by atoms with E-state index in [0.717, 1.165) is 16.2 Å². The number of aromatic nitrogens is 2. The van der Waals surface area contributed by atoms with Crippen LogP contribution in [0.25, 0.3) is 16.2 Å². The van der Waals surface area contributed by atoms with Gasteiger partial charge in [0.2, 0.25) is 0 Å². The molecule has 0 unspecified atom stereocenters. The predicted molar refractivity (Wildman–Crippen MR) is 102 cm³/mol. The third-order valence-electron chi connectivity index (χ3n) is 3.96. The molecule has 2 aromatic heterocycles. The first kappa shape index (κ1) is 16.3. The van der Waals surface area contributed by atoms with Crippen molar-refractivity contribution in [1.29, 1.82) is 0 Å². The maximum absolute atomic E-state index is 13.5. The Balaban J connectivity index is 1.44. The quantitative estimate of drug-likeness (QED) is 0.526. The number of thiazole rings is 1. The number of benzene rings is 2. The first-order valence-electron chi connectivity index (χ1n) is 7.95. The van der Waals surface area contributed by atoms with E-state index in [-0.39, 0.29) is 5.82 Å². The highest BCUT2D eigenvalue weighted by Gasteiger charge is 2.07. The summed E-state index contributed by atoms with van der Waals surface area (Å²) in [5, 5.41) is 7.33. The molecule has 2 heterocycles. The molecule has 130 valence electrons. The van der Waals surface area contributed by atoms with Crippen molar-refractivity contribution in [1.82, 2.24) is 9.38 Å². The summed E-state index contributed by atoms with van der Waals surface area (Å²) in [6, 6.07) is 11.5. The lowest BCUT2D eigenvalue weighted by Crippen LogP contribution is -2.19. The van der Waals surface area contributed by atoms with Crippen LogP contribution in [0.4, 0.5) is 20.6 Å². The van der Waals surface area contributed by atoms with Gasteiger partial charge in [-0.2, -0.15) is 0 Å². The van der Waals surface area contributed by atoms with Gasteiger partial charge in [-0.1, -0.05) is 18.2 Å². The zero-order valence-electron chi connectivity index (χ0n) is 13.9. The highest BCUT2D eigenvalue weighted by molar-refractivity contribution is 7.15. The van der Waals surface area contributed by atoms with Crippen molar-refractivity contribution in [2.45, 2.75) is 6.92 Å². The molecule has 7 heteroatoms. The SMILES string of the molecule is Cc1ccc(NC(=O)Nc2ccc(-c3cn4ccsc4n3)cc2)cc1F. The number of halogens is 1. The van der Waals surface area contributed by atoms with E-state index in [4.69, 9.17) is 0 Å². The zero-order chi connectivity index (χ0) is 18.1. The average molecular weight is 366 g/mol. The first-order valence-corrected chi connectivity index (χ1v) is 8.83. The number of nitrogens with zero attached hydrogens (tertiary/aromatic N) is 2. The van der Waals surface area contributed by atoms with Crippen LogP contribution in [0, 0.1) is 12.7 Å². The minimum atomic E-state index is -0.427. The topological polar surface area (TPSA) is 58.4 Å². The van der Waals surface area contributed by atoms with Crippen molar-refractivity contribution < 1.29 is 9.18 Å². The Morgan fingerprint density at radius 1 is 1.12 bits per heavy atom. The Morgan fingerprint density at radius 3 is 2.58 bits per heavy atom. The van der Waals surface area contributed by atoms with E-state index < -0.39 is 6.03 Å². The molecule has 26 heavy (non-hydrogen) atoms. The molecule has 0 saturated heterocycles. The molecule has 0 aliphatic carbocycles. The zero-order valence-corrected chi connectivity index (χ0v) is 14.7. The average Bonchev–Trinajstić information content (AvgIpc) is 3.21. The lowest BCUT2D eigenvalue weighted by Gasteiger charge is -2.09. The number of carbonyl (C=O) groups is 1. The second-order valence-corrected chi connectivity index (χ2v) is 6.71. The molecule has 4 aromatic rings. The summed E-state index contributed by atoms with van der Waals surface area (Å²) >= 11 is 1.58. The molecule has 0 atom stereocenters. The number of hydrogen-bond donors (Lipinski definition) is 2. The third-order valence-corrected chi connectivity index (χ3v) is 4.73. The number of urea groups is 1. The van der Waals surface area contributed by atoms with Crippen LogP contribution >= 0.6 is 11.3 Å². The Kier molecular flexibility index (Phi) is 4.14. The van der Waals surface area contributed by atoms with Crippen molar-refractivity contribution in [3.8, 4) is 11.3 Å². The minimum absolute atomic E-state index is 0.355. The second kappa shape index (κ2) is 6.61. The van der Waals surface area contributed by atoms with Gasteiger partial charge in [-0.3, -0.25) is 4.40 Å². The Labute approximate surface area is 153 Å². The molecule has 2 aromatic carbocycles. The van der Waals surface area contributed by atoms with Crippen molar-refractivity contribution >= 4 is 33.7 Å². The van der Waals surface area contributed by atoms with Crippen molar-refractivity contribution in [3.05, 3.63) is 71.6 Å². The van der Waals surface area contributed by atoms with Crippen LogP contribution in [0.15, 0.2) is 60.2 Å². The molecular weight excluding hydrogens is 351 g/mol. The fraction of sp³-hybridized carbons (Fsp3) is 0.0526. The summed E-state index contributed by atoms with van der Waals surface area (Å²) in [6.07, 6.45) is 3.93. The van der Waals surface area contributed by atoms with Crippen LogP contribution < -0.4 is 10.6 Å². The number of nitrogens with one attached hydrogen (secondary N) is 2. The van der Waals surface area contributed by atoms with Crippen LogP contribution in [0.2, 0.25) is 0 Å². The van der Waals surface area contributed by atoms with Crippen LogP contribution in [0.5, 0.6) is 0 Å². The maximum Gasteiger partial charge on any atom is 0.323 e. The molecule has 5 nitrogen and oxygen atoms in total. The van der Waals surface area contributed by atoms with E-state index in [9.17, 15) is 9.18 Å². The van der Waals surface area contributed by atoms with Gasteiger partial charge in [-0.05, 0) is 36.8 Å². The number of hydrogen-bond acceptors (Lipinski definition) is 3. The first-order chi connectivity index (χ1) is 12.6. The number of amides is 2. The lowest BCUT2D eigenvalue weighted by atomic mass is 10.1. The monoisotopic (exact) mass is 366 g/mol. The Morgan fingerprint density at radius 2 is 1.85 bits per heavy atom. The van der Waals surface area contributed by atoms with E-state index in [0.29, 0.717) is 16.9 Å². The summed E-state index contributed by atoms with van der Waals surface area (Å²) in [6.45, 7) is 1.67. The van der Waals surface area contributed by atoms with Crippen molar-refractivity contribution in [2.75, 3.05) is 10.6 Å². The fourth-order valence-corrected chi connectivity index (χ4v) is 3.25. The molecule has 0 aliphatic rings. The molecule has 2 N–H and O–H groups in total. The number of rotatable bonds is 3. The smallest absolute Gasteiger partial charge is 0.308 e. The molecule has 0 radical (unpaired) electrons. The molecule has 4 rings (SSSR count). The van der Waals surface area contributed by atoms with Gasteiger partial charge < -0.3 is 10.6 Å². The van der Waals surface area contributed by atoms with Crippen molar-refractivity contribution in [2.24, 2.45) is 0 Å². The molecule has 2 amide bonds. The molecule has 0 saturated carbocycles. The highest BCUT2D eigenvalue weighted by Crippen LogP contribution is 2.23. The number of aryl methyl sites for hydroxylation is 1. The maximum atomic E-state index is 13.5. The molecule has 0 fully saturated rings. The largest absolute Gasteiger partial charge is 0.323 e. The van der Waals surface area contributed by atoms with Gasteiger partial charge in [0.1, 0.15) is 5.82 Å². The Bertz CT molecular complexity index is 1060. The van der Waals surface area contributed by atoms with Gasteiger partial charge in [0.15, 0.2) is 4.96 Å². The van der Waals surface area contributed by atoms with Crippen LogP contribution in [0.1, 0.15) is 5.56 Å². The van der Waals surface area contributed by atoms with Gasteiger partial charge in [0, 0.05) is 34.7 Å². The summed E-state index contributed by atoms with van der Waals surface area (Å²) < 4.78 is 15.5. The molecule has 0 bridgehead atoms. The van der Waals surface area contributed by atoms with Gasteiger partial charge in [0.25, 0.3) is 0 Å². The van der Waals surface area contributed by atoms with Gasteiger partial charge >= 0.3 is 6.03 Å². The number of imidazole rings is 1. The summed E-state index contributed by atoms with van der Waals surface area (Å²) in [5.74, 6) is -0.355.